The number of aromatic nitrogens is 2. The van der Waals surface area contributed by atoms with E-state index in [9.17, 15) is 0 Å². The molecular weight excluding hydrogens is 254 g/mol. The van der Waals surface area contributed by atoms with Crippen LogP contribution in [-0.4, -0.2) is 66.4 Å². The number of hydrogen-bond donors (Lipinski definition) is 2. The fraction of sp³-hybridized carbons (Fsp3) is 0.714. The Morgan fingerprint density at radius 2 is 2.10 bits per heavy atom. The lowest BCUT2D eigenvalue weighted by Gasteiger charge is -2.23. The average Bonchev–Trinajstić information content (AvgIpc) is 2.73. The van der Waals surface area contributed by atoms with Crippen molar-refractivity contribution in [3.8, 4) is 0 Å². The fourth-order valence-corrected chi connectivity index (χ4v) is 2.50. The number of aryl methyl sites for hydroxylation is 1. The van der Waals surface area contributed by atoms with Gasteiger partial charge in [-0.15, -0.1) is 0 Å². The molecule has 2 heterocycles. The smallest absolute Gasteiger partial charge is 0.134 e. The van der Waals surface area contributed by atoms with E-state index in [1.165, 1.54) is 0 Å². The van der Waals surface area contributed by atoms with Gasteiger partial charge in [-0.2, -0.15) is 0 Å². The molecule has 0 aromatic carbocycles. The van der Waals surface area contributed by atoms with Crippen molar-refractivity contribution in [1.29, 1.82) is 0 Å². The first kappa shape index (κ1) is 15.0. The second-order valence-electron chi connectivity index (χ2n) is 5.04. The van der Waals surface area contributed by atoms with E-state index in [0.717, 1.165) is 63.0 Å². The zero-order valence-electron chi connectivity index (χ0n) is 12.5. The van der Waals surface area contributed by atoms with E-state index in [4.69, 9.17) is 5.11 Å². The summed E-state index contributed by atoms with van der Waals surface area (Å²) in [4.78, 5) is 13.7. The Morgan fingerprint density at radius 3 is 2.80 bits per heavy atom. The Bertz CT molecular complexity index is 404. The van der Waals surface area contributed by atoms with E-state index in [1.807, 2.05) is 13.1 Å². The summed E-state index contributed by atoms with van der Waals surface area (Å²) in [5.74, 6) is 2.76. The Balaban J connectivity index is 2.10. The monoisotopic (exact) mass is 279 g/mol. The van der Waals surface area contributed by atoms with Crippen molar-refractivity contribution in [3.63, 3.8) is 0 Å². The minimum atomic E-state index is 0.234. The van der Waals surface area contributed by atoms with Gasteiger partial charge in [-0.25, -0.2) is 9.97 Å². The number of nitrogens with zero attached hydrogens (tertiary/aromatic N) is 4. The highest BCUT2D eigenvalue weighted by Crippen LogP contribution is 2.18. The van der Waals surface area contributed by atoms with E-state index >= 15 is 0 Å². The summed E-state index contributed by atoms with van der Waals surface area (Å²) in [6, 6.07) is 2.01. The molecule has 6 heteroatoms. The van der Waals surface area contributed by atoms with Crippen LogP contribution in [0.2, 0.25) is 0 Å². The molecule has 0 amide bonds. The van der Waals surface area contributed by atoms with Crippen LogP contribution in [0.4, 0.5) is 11.6 Å². The summed E-state index contributed by atoms with van der Waals surface area (Å²) in [6.07, 6.45) is 1.94. The molecule has 0 saturated carbocycles. The predicted octanol–water partition coefficient (Wildman–Crippen LogP) is 0.585. The minimum Gasteiger partial charge on any atom is -0.395 e. The molecule has 1 aromatic rings. The molecule has 0 aliphatic carbocycles. The fourth-order valence-electron chi connectivity index (χ4n) is 2.50. The highest BCUT2D eigenvalue weighted by atomic mass is 16.3. The third-order valence-electron chi connectivity index (χ3n) is 3.66. The number of aliphatic hydroxyl groups excluding tert-OH is 1. The van der Waals surface area contributed by atoms with Crippen LogP contribution in [0.25, 0.3) is 0 Å². The average molecular weight is 279 g/mol. The van der Waals surface area contributed by atoms with Gasteiger partial charge in [0.25, 0.3) is 0 Å². The third kappa shape index (κ3) is 3.80. The summed E-state index contributed by atoms with van der Waals surface area (Å²) in [5.41, 5.74) is 0. The maximum Gasteiger partial charge on any atom is 0.134 e. The molecule has 0 bridgehead atoms. The molecule has 2 N–H and O–H groups in total. The largest absolute Gasteiger partial charge is 0.395 e. The molecule has 112 valence electrons. The summed E-state index contributed by atoms with van der Waals surface area (Å²) in [7, 11) is 1.89. The number of nitrogens with one attached hydrogen (secondary N) is 1. The molecule has 1 saturated heterocycles. The molecule has 1 fully saturated rings. The van der Waals surface area contributed by atoms with Gasteiger partial charge in [-0.1, -0.05) is 6.92 Å². The van der Waals surface area contributed by atoms with E-state index in [0.29, 0.717) is 0 Å². The summed E-state index contributed by atoms with van der Waals surface area (Å²) in [5, 5.41) is 12.2. The molecule has 1 aliphatic heterocycles. The van der Waals surface area contributed by atoms with Crippen molar-refractivity contribution in [3.05, 3.63) is 11.9 Å². The van der Waals surface area contributed by atoms with Gasteiger partial charge in [0.05, 0.1) is 6.61 Å². The summed E-state index contributed by atoms with van der Waals surface area (Å²) < 4.78 is 0. The predicted molar refractivity (Wildman–Crippen MR) is 81.3 cm³/mol. The number of β-amino-alcohol motifs (C(OH)–C–C–N with tert-alkyl or cyclic N) is 1. The van der Waals surface area contributed by atoms with Gasteiger partial charge in [0.2, 0.25) is 0 Å². The Morgan fingerprint density at radius 1 is 1.25 bits per heavy atom. The van der Waals surface area contributed by atoms with Crippen molar-refractivity contribution in [2.45, 2.75) is 19.8 Å². The van der Waals surface area contributed by atoms with Gasteiger partial charge in [0.15, 0.2) is 0 Å². The Kier molecular flexibility index (Phi) is 5.55. The number of hydrogen-bond acceptors (Lipinski definition) is 6. The molecular formula is C14H25N5O. The van der Waals surface area contributed by atoms with Crippen LogP contribution in [0.5, 0.6) is 0 Å². The first-order chi connectivity index (χ1) is 9.76. The number of aliphatic hydroxyl groups is 1. The van der Waals surface area contributed by atoms with Crippen molar-refractivity contribution < 1.29 is 5.11 Å². The van der Waals surface area contributed by atoms with Crippen molar-refractivity contribution in [2.24, 2.45) is 0 Å². The quantitative estimate of drug-likeness (QED) is 0.822. The second kappa shape index (κ2) is 7.40. The van der Waals surface area contributed by atoms with Crippen LogP contribution in [0.15, 0.2) is 6.07 Å². The molecule has 2 rings (SSSR count). The number of rotatable bonds is 5. The maximum atomic E-state index is 9.05. The van der Waals surface area contributed by atoms with Crippen LogP contribution >= 0.6 is 0 Å². The standard InChI is InChI=1S/C14H25N5O/c1-3-12-16-13(15-2)11-14(17-12)19-6-4-5-18(7-8-19)9-10-20/h11,20H,3-10H2,1-2H3,(H,15,16,17). The van der Waals surface area contributed by atoms with Gasteiger partial charge >= 0.3 is 0 Å². The van der Waals surface area contributed by atoms with Gasteiger partial charge < -0.3 is 15.3 Å². The lowest BCUT2D eigenvalue weighted by Crippen LogP contribution is -2.32. The van der Waals surface area contributed by atoms with Crippen LogP contribution in [-0.2, 0) is 6.42 Å². The molecule has 0 spiro atoms. The first-order valence-corrected chi connectivity index (χ1v) is 7.40. The van der Waals surface area contributed by atoms with Crippen molar-refractivity contribution >= 4 is 11.6 Å². The second-order valence-corrected chi connectivity index (χ2v) is 5.04. The van der Waals surface area contributed by atoms with E-state index < -0.39 is 0 Å². The molecule has 0 unspecified atom stereocenters. The zero-order chi connectivity index (χ0) is 14.4. The van der Waals surface area contributed by atoms with Crippen LogP contribution in [0.3, 0.4) is 0 Å². The molecule has 20 heavy (non-hydrogen) atoms. The van der Waals surface area contributed by atoms with Gasteiger partial charge in [0.1, 0.15) is 17.5 Å². The lowest BCUT2D eigenvalue weighted by molar-refractivity contribution is 0.204. The van der Waals surface area contributed by atoms with E-state index in [1.54, 1.807) is 0 Å². The van der Waals surface area contributed by atoms with E-state index in [2.05, 4.69) is 32.0 Å². The number of anilines is 2. The molecule has 0 atom stereocenters. The Labute approximate surface area is 120 Å². The van der Waals surface area contributed by atoms with Crippen molar-refractivity contribution in [1.82, 2.24) is 14.9 Å². The lowest BCUT2D eigenvalue weighted by atomic mass is 10.3. The molecule has 6 nitrogen and oxygen atoms in total. The first-order valence-electron chi connectivity index (χ1n) is 7.40. The molecule has 1 aliphatic rings. The topological polar surface area (TPSA) is 64.5 Å². The molecule has 0 radical (unpaired) electrons. The van der Waals surface area contributed by atoms with Gasteiger partial charge in [-0.05, 0) is 13.0 Å². The normalized spacial score (nSPS) is 17.1. The zero-order valence-corrected chi connectivity index (χ0v) is 12.5. The minimum absolute atomic E-state index is 0.234. The third-order valence-corrected chi connectivity index (χ3v) is 3.66. The Hall–Kier alpha value is -1.40. The van der Waals surface area contributed by atoms with Gasteiger partial charge in [-0.3, -0.25) is 4.90 Å². The van der Waals surface area contributed by atoms with E-state index in [-0.39, 0.29) is 6.61 Å². The molecule has 1 aromatic heterocycles. The van der Waals surface area contributed by atoms with Crippen molar-refractivity contribution in [2.75, 3.05) is 56.6 Å². The summed E-state index contributed by atoms with van der Waals surface area (Å²) in [6.45, 7) is 7.04. The SMILES string of the molecule is CCc1nc(NC)cc(N2CCCN(CCO)CC2)n1. The highest BCUT2D eigenvalue weighted by Gasteiger charge is 2.16. The van der Waals surface area contributed by atoms with Crippen LogP contribution < -0.4 is 10.2 Å². The van der Waals surface area contributed by atoms with Gasteiger partial charge in [0, 0.05) is 45.7 Å². The van der Waals surface area contributed by atoms with Crippen LogP contribution in [0, 0.1) is 0 Å². The maximum absolute atomic E-state index is 9.05. The summed E-state index contributed by atoms with van der Waals surface area (Å²) >= 11 is 0. The highest BCUT2D eigenvalue weighted by molar-refractivity contribution is 5.49. The van der Waals surface area contributed by atoms with Crippen LogP contribution in [0.1, 0.15) is 19.2 Å².